The standard InChI is InChI=1S/C63H36F9N3/c64-61(65,66)40-31-25-37(26-32-40)55-58(73-49-19-7-1-13-43(49)44-14-2-8-20-50(44)73)56(38-27-33-41(34-28-38)62(67,68)69)60(75-53-23-11-5-17-47(53)48-18-6-12-24-54(48)75)57(39-29-35-42(36-30-39)63(70,71)72)59(55)74-51-21-9-3-15-45(51)46-16-4-10-22-52(46)74/h1-36H. The summed E-state index contributed by atoms with van der Waals surface area (Å²) in [4.78, 5) is 0. The van der Waals surface area contributed by atoms with E-state index in [-0.39, 0.29) is 16.7 Å². The van der Waals surface area contributed by atoms with E-state index in [1.54, 1.807) is 0 Å². The summed E-state index contributed by atoms with van der Waals surface area (Å²) in [6, 6.07) is 60.2. The lowest BCUT2D eigenvalue weighted by molar-refractivity contribution is -0.138. The van der Waals surface area contributed by atoms with Gasteiger partial charge in [0.1, 0.15) is 0 Å². The highest BCUT2D eigenvalue weighted by Gasteiger charge is 2.37. The van der Waals surface area contributed by atoms with Crippen LogP contribution in [0.3, 0.4) is 0 Å². The van der Waals surface area contributed by atoms with Crippen molar-refractivity contribution in [3.63, 3.8) is 0 Å². The molecule has 0 radical (unpaired) electrons. The second-order valence-electron chi connectivity index (χ2n) is 18.5. The number of fused-ring (bicyclic) bond motifs is 9. The zero-order valence-electron chi connectivity index (χ0n) is 39.0. The summed E-state index contributed by atoms with van der Waals surface area (Å²) in [6.07, 6.45) is -14.2. The van der Waals surface area contributed by atoms with E-state index in [9.17, 15) is 39.5 Å². The summed E-state index contributed by atoms with van der Waals surface area (Å²) in [5.74, 6) is 0. The van der Waals surface area contributed by atoms with Gasteiger partial charge in [-0.1, -0.05) is 146 Å². The van der Waals surface area contributed by atoms with Crippen LogP contribution in [-0.2, 0) is 18.5 Å². The molecule has 0 unspecified atom stereocenters. The Hall–Kier alpha value is -9.03. The molecule has 13 rings (SSSR count). The summed E-state index contributed by atoms with van der Waals surface area (Å²) in [6.45, 7) is 0. The quantitative estimate of drug-likeness (QED) is 0.148. The Morgan fingerprint density at radius 2 is 0.387 bits per heavy atom. The van der Waals surface area contributed by atoms with Gasteiger partial charge in [0.2, 0.25) is 0 Å². The van der Waals surface area contributed by atoms with Crippen molar-refractivity contribution in [2.24, 2.45) is 0 Å². The Balaban J connectivity index is 1.40. The first kappa shape index (κ1) is 45.8. The van der Waals surface area contributed by atoms with Gasteiger partial charge in [0.25, 0.3) is 0 Å². The number of benzene rings is 10. The molecule has 0 bridgehead atoms. The van der Waals surface area contributed by atoms with Crippen LogP contribution < -0.4 is 0 Å². The molecular formula is C63H36F9N3. The highest BCUT2D eigenvalue weighted by molar-refractivity contribution is 6.18. The summed E-state index contributed by atoms with van der Waals surface area (Å²) < 4.78 is 139. The fourth-order valence-corrected chi connectivity index (χ4v) is 11.2. The number of para-hydroxylation sites is 6. The van der Waals surface area contributed by atoms with Gasteiger partial charge in [-0.3, -0.25) is 0 Å². The predicted molar refractivity (Wildman–Crippen MR) is 281 cm³/mol. The number of hydrogen-bond acceptors (Lipinski definition) is 0. The Labute approximate surface area is 421 Å². The van der Waals surface area contributed by atoms with Gasteiger partial charge in [0.15, 0.2) is 0 Å². The first-order valence-corrected chi connectivity index (χ1v) is 23.9. The van der Waals surface area contributed by atoms with E-state index in [4.69, 9.17) is 0 Å². The Bertz CT molecular complexity index is 3770. The normalized spacial score (nSPS) is 12.6. The lowest BCUT2D eigenvalue weighted by Crippen LogP contribution is -2.13. The van der Waals surface area contributed by atoms with Crippen LogP contribution in [0, 0.1) is 0 Å². The van der Waals surface area contributed by atoms with Crippen LogP contribution in [0.15, 0.2) is 218 Å². The lowest BCUT2D eigenvalue weighted by Gasteiger charge is -2.31. The van der Waals surface area contributed by atoms with Crippen molar-refractivity contribution >= 4 is 65.4 Å². The summed E-state index contributed by atoms with van der Waals surface area (Å²) in [5.41, 5.74) is 4.30. The Morgan fingerprint density at radius 3 is 0.560 bits per heavy atom. The fourth-order valence-electron chi connectivity index (χ4n) is 11.2. The summed E-state index contributed by atoms with van der Waals surface area (Å²) in [5, 5.41) is 4.88. The van der Waals surface area contributed by atoms with Crippen molar-refractivity contribution in [3.05, 3.63) is 235 Å². The van der Waals surface area contributed by atoms with Crippen molar-refractivity contribution in [1.82, 2.24) is 13.7 Å². The monoisotopic (exact) mass is 1010 g/mol. The first-order chi connectivity index (χ1) is 36.2. The molecule has 366 valence electrons. The molecule has 0 amide bonds. The van der Waals surface area contributed by atoms with E-state index >= 15 is 0 Å². The zero-order chi connectivity index (χ0) is 51.5. The van der Waals surface area contributed by atoms with Crippen LogP contribution in [-0.4, -0.2) is 13.7 Å². The third kappa shape index (κ3) is 7.21. The van der Waals surface area contributed by atoms with Gasteiger partial charge in [0.05, 0.1) is 66.9 Å². The molecule has 13 aromatic rings. The number of rotatable bonds is 6. The van der Waals surface area contributed by atoms with Gasteiger partial charge < -0.3 is 13.7 Å². The van der Waals surface area contributed by atoms with Gasteiger partial charge >= 0.3 is 18.5 Å². The molecule has 0 atom stereocenters. The number of aromatic nitrogens is 3. The van der Waals surface area contributed by atoms with Gasteiger partial charge in [-0.15, -0.1) is 0 Å². The predicted octanol–water partition coefficient (Wildman–Crippen LogP) is 19.0. The molecule has 3 heterocycles. The van der Waals surface area contributed by atoms with E-state index < -0.39 is 35.2 Å². The third-order valence-corrected chi connectivity index (χ3v) is 14.3. The fraction of sp³-hybridized carbons (Fsp3) is 0.0476. The second kappa shape index (κ2) is 16.8. The number of halogens is 9. The SMILES string of the molecule is FC(F)(F)c1ccc(-c2c(-n3c4ccccc4c4ccccc43)c(-c3ccc(C(F)(F)F)cc3)c(-n3c4ccccc4c4ccccc43)c(-c3ccc(C(F)(F)F)cc3)c2-n2c3ccccc3c3ccccc32)cc1. The number of nitrogens with zero attached hydrogens (tertiary/aromatic N) is 3. The molecule has 12 heteroatoms. The molecule has 0 N–H and O–H groups in total. The van der Waals surface area contributed by atoms with E-state index in [2.05, 4.69) is 0 Å². The van der Waals surface area contributed by atoms with Crippen LogP contribution in [0.4, 0.5) is 39.5 Å². The van der Waals surface area contributed by atoms with E-state index in [1.165, 1.54) is 36.4 Å². The molecule has 0 aliphatic heterocycles. The summed E-state index contributed by atoms with van der Waals surface area (Å²) in [7, 11) is 0. The summed E-state index contributed by atoms with van der Waals surface area (Å²) >= 11 is 0. The smallest absolute Gasteiger partial charge is 0.308 e. The van der Waals surface area contributed by atoms with E-state index in [0.29, 0.717) is 66.9 Å². The van der Waals surface area contributed by atoms with Crippen molar-refractivity contribution in [3.8, 4) is 50.4 Å². The maximum Gasteiger partial charge on any atom is 0.416 e. The molecule has 0 aliphatic rings. The lowest BCUT2D eigenvalue weighted by atomic mass is 9.85. The van der Waals surface area contributed by atoms with Crippen molar-refractivity contribution in [1.29, 1.82) is 0 Å². The van der Waals surface area contributed by atoms with Crippen LogP contribution in [0.2, 0.25) is 0 Å². The minimum Gasteiger partial charge on any atom is -0.308 e. The van der Waals surface area contributed by atoms with Gasteiger partial charge in [-0.2, -0.15) is 39.5 Å². The van der Waals surface area contributed by atoms with Gasteiger partial charge in [-0.05, 0) is 89.5 Å². The van der Waals surface area contributed by atoms with E-state index in [1.807, 2.05) is 159 Å². The molecule has 0 spiro atoms. The average Bonchev–Trinajstić information content (AvgIpc) is 4.07. The Kier molecular flexibility index (Phi) is 10.2. The topological polar surface area (TPSA) is 14.8 Å². The first-order valence-electron chi connectivity index (χ1n) is 23.9. The maximum atomic E-state index is 14.7. The molecule has 3 nitrogen and oxygen atoms in total. The minimum atomic E-state index is -4.74. The Morgan fingerprint density at radius 1 is 0.213 bits per heavy atom. The van der Waals surface area contributed by atoms with Crippen molar-refractivity contribution in [2.75, 3.05) is 0 Å². The van der Waals surface area contributed by atoms with Gasteiger partial charge in [0, 0.05) is 49.0 Å². The largest absolute Gasteiger partial charge is 0.416 e. The van der Waals surface area contributed by atoms with Crippen LogP contribution in [0.25, 0.3) is 116 Å². The zero-order valence-corrected chi connectivity index (χ0v) is 39.0. The highest BCUT2D eigenvalue weighted by Crippen LogP contribution is 2.55. The number of alkyl halides is 9. The second-order valence-corrected chi connectivity index (χ2v) is 18.5. The average molecular weight is 1010 g/mol. The van der Waals surface area contributed by atoms with Crippen LogP contribution in [0.5, 0.6) is 0 Å². The number of hydrogen-bond donors (Lipinski definition) is 0. The maximum absolute atomic E-state index is 14.7. The van der Waals surface area contributed by atoms with Crippen LogP contribution in [0.1, 0.15) is 16.7 Å². The minimum absolute atomic E-state index is 0.284. The molecule has 0 aliphatic carbocycles. The molecule has 10 aromatic carbocycles. The third-order valence-electron chi connectivity index (χ3n) is 14.3. The molecule has 0 saturated carbocycles. The molecule has 75 heavy (non-hydrogen) atoms. The highest BCUT2D eigenvalue weighted by atomic mass is 19.4. The van der Waals surface area contributed by atoms with Crippen molar-refractivity contribution < 1.29 is 39.5 Å². The van der Waals surface area contributed by atoms with Gasteiger partial charge in [-0.25, -0.2) is 0 Å². The molecule has 3 aromatic heterocycles. The van der Waals surface area contributed by atoms with E-state index in [0.717, 1.165) is 68.7 Å². The van der Waals surface area contributed by atoms with Crippen LogP contribution >= 0.6 is 0 Å². The molecular weight excluding hydrogens is 970 g/mol. The van der Waals surface area contributed by atoms with Crippen molar-refractivity contribution in [2.45, 2.75) is 18.5 Å². The molecule has 0 saturated heterocycles. The molecule has 0 fully saturated rings.